The van der Waals surface area contributed by atoms with E-state index in [4.69, 9.17) is 4.74 Å². The number of amides is 2. The number of piperidine rings is 1. The summed E-state index contributed by atoms with van der Waals surface area (Å²) in [6.07, 6.45) is 3.92. The minimum atomic E-state index is -0.0242. The number of likely N-dealkylation sites (N-methyl/N-ethyl adjacent to an activating group) is 1. The molecule has 126 valence electrons. The molecule has 1 aromatic carbocycles. The number of urea groups is 1. The van der Waals surface area contributed by atoms with E-state index < -0.39 is 0 Å². The topological polar surface area (TPSA) is 44.8 Å². The lowest BCUT2D eigenvalue weighted by Gasteiger charge is -2.32. The Morgan fingerprint density at radius 2 is 2.09 bits per heavy atom. The molecule has 1 fully saturated rings. The first-order valence-corrected chi connectivity index (χ1v) is 8.22. The largest absolute Gasteiger partial charge is 0.492 e. The molecule has 1 aromatic rings. The van der Waals surface area contributed by atoms with Gasteiger partial charge in [-0.25, -0.2) is 4.79 Å². The molecule has 0 aliphatic carbocycles. The highest BCUT2D eigenvalue weighted by Crippen LogP contribution is 2.11. The fraction of sp³-hybridized carbons (Fsp3) is 0.500. The van der Waals surface area contributed by atoms with Gasteiger partial charge in [0.2, 0.25) is 0 Å². The summed E-state index contributed by atoms with van der Waals surface area (Å²) in [6.45, 7) is 7.77. The lowest BCUT2D eigenvalue weighted by Crippen LogP contribution is -2.48. The Morgan fingerprint density at radius 1 is 1.39 bits per heavy atom. The third-order valence-corrected chi connectivity index (χ3v) is 4.09. The van der Waals surface area contributed by atoms with Crippen LogP contribution >= 0.6 is 0 Å². The molecule has 1 N–H and O–H groups in total. The Bertz CT molecular complexity index is 484. The van der Waals surface area contributed by atoms with Crippen molar-refractivity contribution >= 4 is 6.03 Å². The van der Waals surface area contributed by atoms with Crippen molar-refractivity contribution in [3.05, 3.63) is 43.0 Å². The van der Waals surface area contributed by atoms with Gasteiger partial charge in [0.15, 0.2) is 0 Å². The van der Waals surface area contributed by atoms with E-state index in [1.54, 1.807) is 11.9 Å². The quantitative estimate of drug-likeness (QED) is 0.785. The first kappa shape index (κ1) is 17.3. The summed E-state index contributed by atoms with van der Waals surface area (Å²) in [5.41, 5.74) is 0. The van der Waals surface area contributed by atoms with Gasteiger partial charge in [-0.15, -0.1) is 6.58 Å². The van der Waals surface area contributed by atoms with E-state index in [2.05, 4.69) is 16.8 Å². The van der Waals surface area contributed by atoms with Gasteiger partial charge >= 0.3 is 6.03 Å². The number of hydrogen-bond acceptors (Lipinski definition) is 3. The Labute approximate surface area is 138 Å². The number of benzene rings is 1. The normalized spacial score (nSPS) is 15.9. The zero-order valence-corrected chi connectivity index (χ0v) is 13.9. The van der Waals surface area contributed by atoms with Crippen LogP contribution in [0.2, 0.25) is 0 Å². The molecule has 1 heterocycles. The summed E-state index contributed by atoms with van der Waals surface area (Å²) in [5, 5.41) is 3.11. The van der Waals surface area contributed by atoms with Crippen molar-refractivity contribution in [2.24, 2.45) is 0 Å². The van der Waals surface area contributed by atoms with Crippen molar-refractivity contribution in [3.63, 3.8) is 0 Å². The highest BCUT2D eigenvalue weighted by Gasteiger charge is 2.21. The summed E-state index contributed by atoms with van der Waals surface area (Å²) >= 11 is 0. The third kappa shape index (κ3) is 5.94. The number of likely N-dealkylation sites (tertiary alicyclic amines) is 1. The average molecular weight is 317 g/mol. The molecule has 0 saturated carbocycles. The number of nitrogens with one attached hydrogen (secondary N) is 1. The van der Waals surface area contributed by atoms with E-state index in [1.165, 1.54) is 0 Å². The summed E-state index contributed by atoms with van der Waals surface area (Å²) in [7, 11) is 1.80. The van der Waals surface area contributed by atoms with Crippen molar-refractivity contribution in [2.75, 3.05) is 39.8 Å². The van der Waals surface area contributed by atoms with E-state index in [9.17, 15) is 4.79 Å². The molecule has 23 heavy (non-hydrogen) atoms. The number of hydrogen-bond donors (Lipinski definition) is 1. The maximum atomic E-state index is 12.2. The van der Waals surface area contributed by atoms with Crippen LogP contribution in [-0.4, -0.2) is 61.7 Å². The number of rotatable bonds is 7. The van der Waals surface area contributed by atoms with Gasteiger partial charge in [0.05, 0.1) is 6.54 Å². The van der Waals surface area contributed by atoms with Crippen LogP contribution in [0.3, 0.4) is 0 Å². The van der Waals surface area contributed by atoms with Crippen molar-refractivity contribution in [1.29, 1.82) is 0 Å². The van der Waals surface area contributed by atoms with Crippen LogP contribution in [0.25, 0.3) is 0 Å². The van der Waals surface area contributed by atoms with Crippen LogP contribution < -0.4 is 10.1 Å². The molecular formula is C18H27N3O2. The van der Waals surface area contributed by atoms with Crippen molar-refractivity contribution in [2.45, 2.75) is 18.9 Å². The lowest BCUT2D eigenvalue weighted by atomic mass is 10.1. The highest BCUT2D eigenvalue weighted by molar-refractivity contribution is 5.74. The number of para-hydroxylation sites is 1. The second kappa shape index (κ2) is 9.20. The first-order valence-electron chi connectivity index (χ1n) is 8.22. The fourth-order valence-electron chi connectivity index (χ4n) is 2.65. The summed E-state index contributed by atoms with van der Waals surface area (Å²) < 4.78 is 5.62. The molecule has 5 heteroatoms. The summed E-state index contributed by atoms with van der Waals surface area (Å²) in [4.78, 5) is 16.2. The van der Waals surface area contributed by atoms with Crippen LogP contribution in [-0.2, 0) is 0 Å². The van der Waals surface area contributed by atoms with Crippen molar-refractivity contribution in [3.8, 4) is 5.75 Å². The third-order valence-electron chi connectivity index (χ3n) is 4.09. The number of ether oxygens (including phenoxy) is 1. The maximum absolute atomic E-state index is 12.2. The Kier molecular flexibility index (Phi) is 6.94. The molecular weight excluding hydrogens is 290 g/mol. The zero-order chi connectivity index (χ0) is 16.5. The molecule has 1 aliphatic heterocycles. The standard InChI is InChI=1S/C18H27N3O2/c1-3-11-21-12-9-16(10-13-21)19-18(22)20(2)14-15-23-17-7-5-4-6-8-17/h3-8,16H,1,9-15H2,2H3,(H,19,22). The highest BCUT2D eigenvalue weighted by atomic mass is 16.5. The SMILES string of the molecule is C=CCN1CCC(NC(=O)N(C)CCOc2ccccc2)CC1. The lowest BCUT2D eigenvalue weighted by molar-refractivity contribution is 0.177. The van der Waals surface area contributed by atoms with Crippen molar-refractivity contribution < 1.29 is 9.53 Å². The molecule has 2 rings (SSSR count). The molecule has 2 amide bonds. The monoisotopic (exact) mass is 317 g/mol. The number of carbonyl (C=O) groups excluding carboxylic acids is 1. The smallest absolute Gasteiger partial charge is 0.317 e. The fourth-order valence-corrected chi connectivity index (χ4v) is 2.65. The maximum Gasteiger partial charge on any atom is 0.317 e. The van der Waals surface area contributed by atoms with Crippen LogP contribution in [0.4, 0.5) is 4.79 Å². The van der Waals surface area contributed by atoms with E-state index in [-0.39, 0.29) is 12.1 Å². The molecule has 0 atom stereocenters. The van der Waals surface area contributed by atoms with E-state index >= 15 is 0 Å². The van der Waals surface area contributed by atoms with E-state index in [0.717, 1.165) is 38.2 Å². The molecule has 0 spiro atoms. The van der Waals surface area contributed by atoms with Crippen molar-refractivity contribution in [1.82, 2.24) is 15.1 Å². The van der Waals surface area contributed by atoms with E-state index in [0.29, 0.717) is 13.2 Å². The molecule has 0 radical (unpaired) electrons. The van der Waals surface area contributed by atoms with Crippen LogP contribution in [0.15, 0.2) is 43.0 Å². The Morgan fingerprint density at radius 3 is 2.74 bits per heavy atom. The Hall–Kier alpha value is -2.01. The molecule has 0 aromatic heterocycles. The van der Waals surface area contributed by atoms with Gasteiger partial charge in [0.1, 0.15) is 12.4 Å². The Balaban J connectivity index is 1.64. The molecule has 0 bridgehead atoms. The summed E-state index contributed by atoms with van der Waals surface area (Å²) in [6, 6.07) is 9.89. The van der Waals surface area contributed by atoms with Crippen LogP contribution in [0.1, 0.15) is 12.8 Å². The van der Waals surface area contributed by atoms with Gasteiger partial charge in [-0.3, -0.25) is 4.90 Å². The van der Waals surface area contributed by atoms with Gasteiger partial charge in [-0.05, 0) is 25.0 Å². The van der Waals surface area contributed by atoms with E-state index in [1.807, 2.05) is 36.4 Å². The average Bonchev–Trinajstić information content (AvgIpc) is 2.57. The zero-order valence-electron chi connectivity index (χ0n) is 13.9. The molecule has 1 aliphatic rings. The van der Waals surface area contributed by atoms with Gasteiger partial charge in [-0.1, -0.05) is 24.3 Å². The second-order valence-electron chi connectivity index (χ2n) is 5.90. The molecule has 1 saturated heterocycles. The number of carbonyl (C=O) groups is 1. The van der Waals surface area contributed by atoms with Crippen LogP contribution in [0.5, 0.6) is 5.75 Å². The number of nitrogens with zero attached hydrogens (tertiary/aromatic N) is 2. The minimum absolute atomic E-state index is 0.0242. The molecule has 0 unspecified atom stereocenters. The predicted octanol–water partition coefficient (Wildman–Crippen LogP) is 2.36. The van der Waals surface area contributed by atoms with Gasteiger partial charge < -0.3 is 15.0 Å². The van der Waals surface area contributed by atoms with Gasteiger partial charge in [0, 0.05) is 32.7 Å². The summed E-state index contributed by atoms with van der Waals surface area (Å²) in [5.74, 6) is 0.830. The molecule has 5 nitrogen and oxygen atoms in total. The van der Waals surface area contributed by atoms with Gasteiger partial charge in [0.25, 0.3) is 0 Å². The minimum Gasteiger partial charge on any atom is -0.492 e. The first-order chi connectivity index (χ1) is 11.2. The predicted molar refractivity (Wildman–Crippen MR) is 92.8 cm³/mol. The van der Waals surface area contributed by atoms with Gasteiger partial charge in [-0.2, -0.15) is 0 Å². The second-order valence-corrected chi connectivity index (χ2v) is 5.90. The van der Waals surface area contributed by atoms with Crippen LogP contribution in [0, 0.1) is 0 Å².